The first-order chi connectivity index (χ1) is 6.68. The molecule has 1 aliphatic rings. The molecule has 0 aromatic heterocycles. The molecule has 0 aromatic rings. The van der Waals surface area contributed by atoms with Gasteiger partial charge >= 0.3 is 0 Å². The molecule has 4 nitrogen and oxygen atoms in total. The van der Waals surface area contributed by atoms with Crippen LogP contribution in [0.25, 0.3) is 0 Å². The number of carbonyl (C=O) groups is 1. The molecule has 0 heterocycles. The van der Waals surface area contributed by atoms with Gasteiger partial charge in [0.05, 0.1) is 12.0 Å². The average Bonchev–Trinajstić information content (AvgIpc) is 2.99. The fourth-order valence-corrected chi connectivity index (χ4v) is 1.40. The Kier molecular flexibility index (Phi) is 3.89. The molecule has 0 aromatic carbocycles. The summed E-state index contributed by atoms with van der Waals surface area (Å²) in [5.41, 5.74) is 5.20. The van der Waals surface area contributed by atoms with Crippen LogP contribution in [0, 0.1) is 5.41 Å². The van der Waals surface area contributed by atoms with Gasteiger partial charge in [0.25, 0.3) is 0 Å². The lowest BCUT2D eigenvalue weighted by Crippen LogP contribution is -2.47. The van der Waals surface area contributed by atoms with Crippen LogP contribution in [0.1, 0.15) is 39.5 Å². The van der Waals surface area contributed by atoms with E-state index in [-0.39, 0.29) is 12.5 Å². The van der Waals surface area contributed by atoms with Crippen molar-refractivity contribution in [2.24, 2.45) is 5.41 Å². The van der Waals surface area contributed by atoms with Crippen molar-refractivity contribution in [1.82, 2.24) is 10.9 Å². The molecular formula is C10H20N2O2. The lowest BCUT2D eigenvalue weighted by molar-refractivity contribution is -0.129. The quantitative estimate of drug-likeness (QED) is 0.549. The van der Waals surface area contributed by atoms with Crippen molar-refractivity contribution in [2.45, 2.75) is 45.6 Å². The number of hydrazine groups is 1. The Morgan fingerprint density at radius 1 is 1.43 bits per heavy atom. The summed E-state index contributed by atoms with van der Waals surface area (Å²) < 4.78 is 0. The largest absolute Gasteiger partial charge is 0.395 e. The lowest BCUT2D eigenvalue weighted by Gasteiger charge is -2.18. The first kappa shape index (κ1) is 11.5. The standard InChI is InChI=1S/C10H20N2O2/c1-3-8(4-2)11-12-9(14)10(7-13)5-6-10/h8,11,13H,3-7H2,1-2H3,(H,12,14). The number of carbonyl (C=O) groups excluding carboxylic acids is 1. The SMILES string of the molecule is CCC(CC)NNC(=O)C1(CO)CC1. The second-order valence-electron chi connectivity index (χ2n) is 4.05. The maximum atomic E-state index is 11.6. The first-order valence-electron chi connectivity index (χ1n) is 5.35. The van der Waals surface area contributed by atoms with Crippen LogP contribution < -0.4 is 10.9 Å². The van der Waals surface area contributed by atoms with Crippen molar-refractivity contribution < 1.29 is 9.90 Å². The zero-order chi connectivity index (χ0) is 10.6. The number of amides is 1. The molecule has 1 fully saturated rings. The summed E-state index contributed by atoms with van der Waals surface area (Å²) in [6, 6.07) is 0.327. The van der Waals surface area contributed by atoms with Crippen molar-refractivity contribution in [3.05, 3.63) is 0 Å². The minimum Gasteiger partial charge on any atom is -0.395 e. The number of aliphatic hydroxyl groups excluding tert-OH is 1. The van der Waals surface area contributed by atoms with Gasteiger partial charge in [0.15, 0.2) is 0 Å². The molecule has 0 radical (unpaired) electrons. The van der Waals surface area contributed by atoms with E-state index in [4.69, 9.17) is 5.11 Å². The Hall–Kier alpha value is -0.610. The van der Waals surface area contributed by atoms with E-state index in [0.29, 0.717) is 6.04 Å². The second-order valence-corrected chi connectivity index (χ2v) is 4.05. The van der Waals surface area contributed by atoms with Crippen LogP contribution in [-0.2, 0) is 4.79 Å². The van der Waals surface area contributed by atoms with Crippen LogP contribution in [0.3, 0.4) is 0 Å². The normalized spacial score (nSPS) is 18.3. The zero-order valence-corrected chi connectivity index (χ0v) is 8.97. The summed E-state index contributed by atoms with van der Waals surface area (Å²) in [5, 5.41) is 9.02. The number of rotatable bonds is 6. The number of hydrogen-bond acceptors (Lipinski definition) is 3. The third-order valence-electron chi connectivity index (χ3n) is 3.01. The number of nitrogens with one attached hydrogen (secondary N) is 2. The van der Waals surface area contributed by atoms with E-state index >= 15 is 0 Å². The predicted molar refractivity (Wildman–Crippen MR) is 54.4 cm³/mol. The average molecular weight is 200 g/mol. The van der Waals surface area contributed by atoms with Crippen molar-refractivity contribution in [3.63, 3.8) is 0 Å². The van der Waals surface area contributed by atoms with Gasteiger partial charge in [0.2, 0.25) is 5.91 Å². The monoisotopic (exact) mass is 200 g/mol. The molecule has 0 saturated heterocycles. The molecule has 0 aliphatic heterocycles. The third kappa shape index (κ3) is 2.45. The molecule has 1 amide bonds. The fraction of sp³-hybridized carbons (Fsp3) is 0.900. The number of hydrogen-bond donors (Lipinski definition) is 3. The maximum Gasteiger partial charge on any atom is 0.242 e. The molecule has 0 bridgehead atoms. The van der Waals surface area contributed by atoms with E-state index in [0.717, 1.165) is 25.7 Å². The highest BCUT2D eigenvalue weighted by atomic mass is 16.3. The van der Waals surface area contributed by atoms with E-state index in [9.17, 15) is 4.79 Å². The molecule has 0 unspecified atom stereocenters. The second kappa shape index (κ2) is 4.75. The molecule has 3 N–H and O–H groups in total. The summed E-state index contributed by atoms with van der Waals surface area (Å²) in [6.45, 7) is 4.11. The van der Waals surface area contributed by atoms with E-state index in [1.807, 2.05) is 0 Å². The molecule has 14 heavy (non-hydrogen) atoms. The third-order valence-corrected chi connectivity index (χ3v) is 3.01. The van der Waals surface area contributed by atoms with Crippen LogP contribution >= 0.6 is 0 Å². The molecular weight excluding hydrogens is 180 g/mol. The summed E-state index contributed by atoms with van der Waals surface area (Å²) in [4.78, 5) is 11.6. The van der Waals surface area contributed by atoms with Gasteiger partial charge in [-0.15, -0.1) is 0 Å². The Labute approximate surface area is 85.0 Å². The zero-order valence-electron chi connectivity index (χ0n) is 8.97. The Morgan fingerprint density at radius 3 is 2.36 bits per heavy atom. The van der Waals surface area contributed by atoms with Gasteiger partial charge < -0.3 is 5.11 Å². The highest BCUT2D eigenvalue weighted by Crippen LogP contribution is 2.44. The molecule has 1 aliphatic carbocycles. The van der Waals surface area contributed by atoms with Gasteiger partial charge in [-0.3, -0.25) is 10.2 Å². The maximum absolute atomic E-state index is 11.6. The van der Waals surface area contributed by atoms with Crippen molar-refractivity contribution >= 4 is 5.91 Å². The molecule has 0 spiro atoms. The smallest absolute Gasteiger partial charge is 0.242 e. The van der Waals surface area contributed by atoms with Gasteiger partial charge in [0, 0.05) is 6.04 Å². The minimum atomic E-state index is -0.473. The van der Waals surface area contributed by atoms with Gasteiger partial charge in [-0.2, -0.15) is 0 Å². The van der Waals surface area contributed by atoms with Crippen LogP contribution in [0.5, 0.6) is 0 Å². The topological polar surface area (TPSA) is 61.4 Å². The molecule has 1 rings (SSSR count). The number of aliphatic hydroxyl groups is 1. The van der Waals surface area contributed by atoms with Gasteiger partial charge in [-0.1, -0.05) is 13.8 Å². The summed E-state index contributed by atoms with van der Waals surface area (Å²) in [5.74, 6) is -0.0631. The molecule has 82 valence electrons. The Bertz CT molecular complexity index is 198. The van der Waals surface area contributed by atoms with Crippen molar-refractivity contribution in [3.8, 4) is 0 Å². The van der Waals surface area contributed by atoms with E-state index in [1.165, 1.54) is 0 Å². The van der Waals surface area contributed by atoms with Crippen LogP contribution in [-0.4, -0.2) is 23.7 Å². The summed E-state index contributed by atoms with van der Waals surface area (Å²) in [7, 11) is 0. The highest BCUT2D eigenvalue weighted by molar-refractivity contribution is 5.84. The first-order valence-corrected chi connectivity index (χ1v) is 5.35. The summed E-state index contributed by atoms with van der Waals surface area (Å²) in [6.07, 6.45) is 3.59. The lowest BCUT2D eigenvalue weighted by atomic mass is 10.1. The fourth-order valence-electron chi connectivity index (χ4n) is 1.40. The van der Waals surface area contributed by atoms with E-state index in [2.05, 4.69) is 24.7 Å². The van der Waals surface area contributed by atoms with E-state index in [1.54, 1.807) is 0 Å². The Balaban J connectivity index is 2.27. The molecule has 0 atom stereocenters. The van der Waals surface area contributed by atoms with Crippen molar-refractivity contribution in [1.29, 1.82) is 0 Å². The van der Waals surface area contributed by atoms with Crippen LogP contribution in [0.2, 0.25) is 0 Å². The van der Waals surface area contributed by atoms with Gasteiger partial charge in [-0.25, -0.2) is 5.43 Å². The van der Waals surface area contributed by atoms with Gasteiger partial charge in [0.1, 0.15) is 0 Å². The minimum absolute atomic E-state index is 0.0383. The van der Waals surface area contributed by atoms with E-state index < -0.39 is 5.41 Å². The summed E-state index contributed by atoms with van der Waals surface area (Å²) >= 11 is 0. The molecule has 1 saturated carbocycles. The Morgan fingerprint density at radius 2 is 2.00 bits per heavy atom. The highest BCUT2D eigenvalue weighted by Gasteiger charge is 2.49. The predicted octanol–water partition coefficient (Wildman–Crippen LogP) is 0.568. The molecule has 4 heteroatoms. The van der Waals surface area contributed by atoms with Crippen molar-refractivity contribution in [2.75, 3.05) is 6.61 Å². The van der Waals surface area contributed by atoms with Crippen LogP contribution in [0.4, 0.5) is 0 Å². The van der Waals surface area contributed by atoms with Gasteiger partial charge in [-0.05, 0) is 25.7 Å². The van der Waals surface area contributed by atoms with Crippen LogP contribution in [0.15, 0.2) is 0 Å².